The molecule has 1 heterocycles. The maximum absolute atomic E-state index is 12.3. The van der Waals surface area contributed by atoms with Gasteiger partial charge in [-0.05, 0) is 25.5 Å². The van der Waals surface area contributed by atoms with Crippen molar-refractivity contribution >= 4 is 28.2 Å². The fourth-order valence-corrected chi connectivity index (χ4v) is 3.74. The number of ether oxygens (including phenoxy) is 2. The number of Topliss-reactive ketones (excluding diaryl/α,β-unsaturated/α-hetero) is 1. The Morgan fingerprint density at radius 2 is 1.67 bits per heavy atom. The second-order valence-electron chi connectivity index (χ2n) is 6.50. The van der Waals surface area contributed by atoms with E-state index in [1.165, 1.54) is 18.3 Å². The van der Waals surface area contributed by atoms with Crippen molar-refractivity contribution in [2.24, 2.45) is 0 Å². The van der Waals surface area contributed by atoms with Crippen LogP contribution in [0.5, 0.6) is 11.5 Å². The summed E-state index contributed by atoms with van der Waals surface area (Å²) in [7, 11) is 0. The number of amides is 1. The molecule has 0 aliphatic heterocycles. The van der Waals surface area contributed by atoms with E-state index < -0.39 is 0 Å². The lowest BCUT2D eigenvalue weighted by molar-refractivity contribution is -0.116. The lowest BCUT2D eigenvalue weighted by Crippen LogP contribution is -2.12. The predicted octanol–water partition coefficient (Wildman–Crippen LogP) is 5.21. The zero-order valence-electron chi connectivity index (χ0n) is 17.0. The Kier molecular flexibility index (Phi) is 7.57. The van der Waals surface area contributed by atoms with E-state index in [0.29, 0.717) is 46.8 Å². The van der Waals surface area contributed by atoms with Crippen LogP contribution in [-0.4, -0.2) is 29.9 Å². The van der Waals surface area contributed by atoms with Crippen molar-refractivity contribution in [1.29, 1.82) is 0 Å². The highest BCUT2D eigenvalue weighted by molar-refractivity contribution is 7.18. The Hall–Kier alpha value is -3.19. The van der Waals surface area contributed by atoms with Gasteiger partial charge in [-0.25, -0.2) is 4.98 Å². The standard InChI is InChI=1S/C23H24N2O4S/c1-3-28-18-12-7-8-13-19(18)29-15-9-14-20(27)24-23-25-21(22(30-23)16(2)26)17-10-5-4-6-11-17/h4-8,10-13H,3,9,14-15H2,1-2H3,(H,24,25,27). The van der Waals surface area contributed by atoms with Crippen LogP contribution in [-0.2, 0) is 4.79 Å². The number of rotatable bonds is 10. The minimum absolute atomic E-state index is 0.0757. The van der Waals surface area contributed by atoms with Crippen LogP contribution in [0.2, 0.25) is 0 Å². The van der Waals surface area contributed by atoms with Crippen molar-refractivity contribution in [2.45, 2.75) is 26.7 Å². The van der Waals surface area contributed by atoms with E-state index in [9.17, 15) is 9.59 Å². The van der Waals surface area contributed by atoms with Crippen molar-refractivity contribution in [3.8, 4) is 22.8 Å². The maximum Gasteiger partial charge on any atom is 0.226 e. The van der Waals surface area contributed by atoms with Gasteiger partial charge in [0.2, 0.25) is 5.91 Å². The van der Waals surface area contributed by atoms with Gasteiger partial charge in [0, 0.05) is 18.9 Å². The van der Waals surface area contributed by atoms with Gasteiger partial charge in [0.15, 0.2) is 22.4 Å². The number of para-hydroxylation sites is 2. The Labute approximate surface area is 179 Å². The quantitative estimate of drug-likeness (QED) is 0.357. The number of anilines is 1. The average molecular weight is 425 g/mol. The molecule has 0 radical (unpaired) electrons. The smallest absolute Gasteiger partial charge is 0.226 e. The van der Waals surface area contributed by atoms with Gasteiger partial charge in [-0.1, -0.05) is 53.8 Å². The third-order valence-electron chi connectivity index (χ3n) is 4.20. The molecule has 6 nitrogen and oxygen atoms in total. The summed E-state index contributed by atoms with van der Waals surface area (Å²) >= 11 is 1.19. The zero-order valence-corrected chi connectivity index (χ0v) is 17.8. The summed E-state index contributed by atoms with van der Waals surface area (Å²) in [5.74, 6) is 1.11. The summed E-state index contributed by atoms with van der Waals surface area (Å²) in [6.45, 7) is 4.37. The largest absolute Gasteiger partial charge is 0.490 e. The first kappa shape index (κ1) is 21.5. The van der Waals surface area contributed by atoms with Gasteiger partial charge in [-0.3, -0.25) is 9.59 Å². The molecular formula is C23H24N2O4S. The Bertz CT molecular complexity index is 1000. The molecule has 0 aliphatic rings. The van der Waals surface area contributed by atoms with Crippen LogP contribution < -0.4 is 14.8 Å². The molecule has 0 saturated heterocycles. The monoisotopic (exact) mass is 424 g/mol. The van der Waals surface area contributed by atoms with E-state index in [1.54, 1.807) is 0 Å². The van der Waals surface area contributed by atoms with E-state index >= 15 is 0 Å². The van der Waals surface area contributed by atoms with Gasteiger partial charge in [-0.15, -0.1) is 0 Å². The molecule has 0 unspecified atom stereocenters. The van der Waals surface area contributed by atoms with E-state index in [1.807, 2.05) is 61.5 Å². The molecule has 0 bridgehead atoms. The SMILES string of the molecule is CCOc1ccccc1OCCCC(=O)Nc1nc(-c2ccccc2)c(C(C)=O)s1. The number of carbonyl (C=O) groups is 2. The van der Waals surface area contributed by atoms with Gasteiger partial charge in [0.25, 0.3) is 0 Å². The number of benzene rings is 2. The van der Waals surface area contributed by atoms with Crippen LogP contribution >= 0.6 is 11.3 Å². The number of nitrogens with zero attached hydrogens (tertiary/aromatic N) is 1. The molecule has 0 aliphatic carbocycles. The highest BCUT2D eigenvalue weighted by Crippen LogP contribution is 2.31. The highest BCUT2D eigenvalue weighted by atomic mass is 32.1. The average Bonchev–Trinajstić information content (AvgIpc) is 3.17. The van der Waals surface area contributed by atoms with Crippen molar-refractivity contribution < 1.29 is 19.1 Å². The number of nitrogens with one attached hydrogen (secondary N) is 1. The van der Waals surface area contributed by atoms with Gasteiger partial charge in [0.05, 0.1) is 23.8 Å². The minimum Gasteiger partial charge on any atom is -0.490 e. The molecule has 1 N–H and O–H groups in total. The third kappa shape index (κ3) is 5.67. The normalized spacial score (nSPS) is 10.5. The highest BCUT2D eigenvalue weighted by Gasteiger charge is 2.17. The molecule has 1 amide bonds. The van der Waals surface area contributed by atoms with Gasteiger partial charge in [0.1, 0.15) is 0 Å². The summed E-state index contributed by atoms with van der Waals surface area (Å²) in [4.78, 5) is 29.3. The first-order valence-corrected chi connectivity index (χ1v) is 10.6. The zero-order chi connectivity index (χ0) is 21.3. The number of hydrogen-bond donors (Lipinski definition) is 1. The number of thiazole rings is 1. The summed E-state index contributed by atoms with van der Waals surface area (Å²) in [5.41, 5.74) is 1.44. The molecular weight excluding hydrogens is 400 g/mol. The second kappa shape index (κ2) is 10.5. The Morgan fingerprint density at radius 3 is 2.33 bits per heavy atom. The summed E-state index contributed by atoms with van der Waals surface area (Å²) in [6.07, 6.45) is 0.829. The molecule has 2 aromatic carbocycles. The van der Waals surface area contributed by atoms with Crippen molar-refractivity contribution in [3.05, 3.63) is 59.5 Å². The molecule has 30 heavy (non-hydrogen) atoms. The van der Waals surface area contributed by atoms with Crippen LogP contribution in [0.15, 0.2) is 54.6 Å². The Balaban J connectivity index is 1.55. The predicted molar refractivity (Wildman–Crippen MR) is 119 cm³/mol. The molecule has 0 saturated carbocycles. The van der Waals surface area contributed by atoms with Gasteiger partial charge < -0.3 is 14.8 Å². The molecule has 0 spiro atoms. The number of carbonyl (C=O) groups excluding carboxylic acids is 2. The summed E-state index contributed by atoms with van der Waals surface area (Å²) in [5, 5.41) is 3.22. The number of aromatic nitrogens is 1. The maximum atomic E-state index is 12.3. The Morgan fingerprint density at radius 1 is 1.00 bits per heavy atom. The molecule has 0 fully saturated rings. The van der Waals surface area contributed by atoms with E-state index in [4.69, 9.17) is 9.47 Å². The molecule has 1 aromatic heterocycles. The molecule has 0 atom stereocenters. The van der Waals surface area contributed by atoms with E-state index in [0.717, 1.165) is 5.56 Å². The van der Waals surface area contributed by atoms with Gasteiger partial charge >= 0.3 is 0 Å². The second-order valence-corrected chi connectivity index (χ2v) is 7.50. The molecule has 7 heteroatoms. The van der Waals surface area contributed by atoms with Gasteiger partial charge in [-0.2, -0.15) is 0 Å². The van der Waals surface area contributed by atoms with Crippen molar-refractivity contribution in [1.82, 2.24) is 4.98 Å². The molecule has 3 aromatic rings. The summed E-state index contributed by atoms with van der Waals surface area (Å²) in [6, 6.07) is 16.9. The van der Waals surface area contributed by atoms with Crippen LogP contribution in [0, 0.1) is 0 Å². The first-order chi connectivity index (χ1) is 14.6. The van der Waals surface area contributed by atoms with Crippen molar-refractivity contribution in [2.75, 3.05) is 18.5 Å². The van der Waals surface area contributed by atoms with Crippen LogP contribution in [0.1, 0.15) is 36.4 Å². The lowest BCUT2D eigenvalue weighted by Gasteiger charge is -2.11. The topological polar surface area (TPSA) is 77.5 Å². The van der Waals surface area contributed by atoms with Crippen LogP contribution in [0.4, 0.5) is 5.13 Å². The van der Waals surface area contributed by atoms with E-state index in [-0.39, 0.29) is 18.1 Å². The van der Waals surface area contributed by atoms with Crippen molar-refractivity contribution in [3.63, 3.8) is 0 Å². The van der Waals surface area contributed by atoms with E-state index in [2.05, 4.69) is 10.3 Å². The third-order valence-corrected chi connectivity index (χ3v) is 5.27. The molecule has 156 valence electrons. The number of hydrogen-bond acceptors (Lipinski definition) is 6. The fraction of sp³-hybridized carbons (Fsp3) is 0.261. The number of ketones is 1. The van der Waals surface area contributed by atoms with Crippen LogP contribution in [0.3, 0.4) is 0 Å². The molecule has 3 rings (SSSR count). The minimum atomic E-state index is -0.167. The first-order valence-electron chi connectivity index (χ1n) is 9.80. The lowest BCUT2D eigenvalue weighted by atomic mass is 10.1. The fourth-order valence-electron chi connectivity index (χ4n) is 2.84. The summed E-state index contributed by atoms with van der Waals surface area (Å²) < 4.78 is 11.3. The van der Waals surface area contributed by atoms with Crippen LogP contribution in [0.25, 0.3) is 11.3 Å².